The minimum Gasteiger partial charge on any atom is -0.379 e. The van der Waals surface area contributed by atoms with Crippen molar-refractivity contribution in [2.45, 2.75) is 491 Å². The lowest BCUT2D eigenvalue weighted by atomic mass is 9.70. The summed E-state index contributed by atoms with van der Waals surface area (Å²) in [6.45, 7) is 61.8. The van der Waals surface area contributed by atoms with E-state index in [0.717, 1.165) is 129 Å². The molecule has 0 aromatic heterocycles. The highest BCUT2D eigenvalue weighted by Crippen LogP contribution is 2.47. The first-order chi connectivity index (χ1) is 71.4. The van der Waals surface area contributed by atoms with E-state index in [9.17, 15) is 28.8 Å². The fourth-order valence-corrected chi connectivity index (χ4v) is 23.2. The van der Waals surface area contributed by atoms with Crippen LogP contribution in [0.25, 0.3) is 0 Å². The molecule has 0 aromatic carbocycles. The average Bonchev–Trinajstić information content (AvgIpc) is 0.832. The molecule has 4 rings (SSSR count). The van der Waals surface area contributed by atoms with Crippen LogP contribution < -0.4 is 31.9 Å². The largest absolute Gasteiger partial charge is 0.379 e. The molecule has 0 aromatic rings. The molecule has 4 aliphatic rings. The average molecular weight is 2100 g/mol. The van der Waals surface area contributed by atoms with Crippen LogP contribution in [0.4, 0.5) is 0 Å². The fourth-order valence-electron chi connectivity index (χ4n) is 23.2. The number of unbranched alkanes of at least 4 members (excludes halogenated alkanes) is 5. The molecule has 6 amide bonds. The molecular formula is C126H232N6O17. The van der Waals surface area contributed by atoms with E-state index in [0.29, 0.717) is 280 Å². The summed E-state index contributed by atoms with van der Waals surface area (Å²) >= 11 is 0. The lowest BCUT2D eigenvalue weighted by Crippen LogP contribution is -2.47. The number of amides is 6. The second-order valence-corrected chi connectivity index (χ2v) is 49.4. The highest BCUT2D eigenvalue weighted by atomic mass is 16.6. The molecule has 0 bridgehead atoms. The van der Waals surface area contributed by atoms with Gasteiger partial charge in [-0.05, 0) is 309 Å². The number of allylic oxidation sites excluding steroid dienone is 8. The smallest absolute Gasteiger partial charge is 0.242 e. The molecule has 149 heavy (non-hydrogen) atoms. The molecule has 23 heteroatoms. The summed E-state index contributed by atoms with van der Waals surface area (Å²) in [5, 5.41) is 18.7. The van der Waals surface area contributed by atoms with E-state index in [1.807, 2.05) is 0 Å². The van der Waals surface area contributed by atoms with E-state index in [1.165, 1.54) is 141 Å². The maximum Gasteiger partial charge on any atom is 0.242 e. The van der Waals surface area contributed by atoms with Crippen molar-refractivity contribution >= 4 is 35.4 Å². The van der Waals surface area contributed by atoms with Crippen molar-refractivity contribution in [3.8, 4) is 0 Å². The van der Waals surface area contributed by atoms with Crippen LogP contribution in [0.1, 0.15) is 473 Å². The first-order valence-corrected chi connectivity index (χ1v) is 61.2. The van der Waals surface area contributed by atoms with Gasteiger partial charge in [-0.25, -0.2) is 0 Å². The summed E-state index contributed by atoms with van der Waals surface area (Å²) in [6.07, 6.45) is 51.8. The summed E-state index contributed by atoms with van der Waals surface area (Å²) in [4.78, 5) is 81.0. The van der Waals surface area contributed by atoms with Gasteiger partial charge in [0.2, 0.25) is 35.4 Å². The zero-order valence-corrected chi connectivity index (χ0v) is 100. The number of nitrogens with one attached hydrogen (secondary N) is 6. The molecule has 0 saturated heterocycles. The van der Waals surface area contributed by atoms with Gasteiger partial charge in [0.1, 0.15) is 12.1 Å². The number of carbonyl (C=O) groups is 6. The Balaban J connectivity index is 1.04. The van der Waals surface area contributed by atoms with Gasteiger partial charge in [0.25, 0.3) is 0 Å². The van der Waals surface area contributed by atoms with Gasteiger partial charge in [0, 0.05) is 91.5 Å². The normalized spacial score (nSPS) is 18.0. The Hall–Kier alpha value is -4.66. The van der Waals surface area contributed by atoms with Crippen LogP contribution in [-0.2, 0) is 80.9 Å². The van der Waals surface area contributed by atoms with Gasteiger partial charge in [-0.1, -0.05) is 252 Å². The Morgan fingerprint density at radius 3 is 0.826 bits per heavy atom. The van der Waals surface area contributed by atoms with Gasteiger partial charge in [0.05, 0.1) is 105 Å². The molecule has 0 fully saturated rings. The fraction of sp³-hybridized carbons (Fsp3) is 0.889. The minimum atomic E-state index is -0.656. The topological polar surface area (TPSA) is 276 Å². The van der Waals surface area contributed by atoms with E-state index >= 15 is 0 Å². The second kappa shape index (κ2) is 82.7. The Morgan fingerprint density at radius 1 is 0.255 bits per heavy atom. The molecule has 6 N–H and O–H groups in total. The second-order valence-electron chi connectivity index (χ2n) is 49.4. The SMILES string of the molecule is CCCOCCOCCOC(CCCOCCOCCOCCCNC(=O)[C@H](CCCCNC(=O)CC(C)CCCC(C)CCC1=C(C)CCCC1(C)C)NC(=O)CC(C)CCCC(C)CCC1=C(C)CCCC1(C)C)COCCOCCCCCCOCCOCCOCCCNC(=O)[C@H](CCCCNC(=O)CC(C)CCCC(C)CCC1=C(C)CCCC1(C)C)NC(=O)CC(C)CCCC(C)CCC1=C(C)CCCC1(C)C. The van der Waals surface area contributed by atoms with Crippen LogP contribution in [0.2, 0.25) is 0 Å². The first kappa shape index (κ1) is 137. The molecule has 9 unspecified atom stereocenters. The minimum absolute atomic E-state index is 0.0803. The number of rotatable bonds is 95. The van der Waals surface area contributed by atoms with Gasteiger partial charge in [-0.3, -0.25) is 28.8 Å². The molecule has 0 radical (unpaired) electrons. The van der Waals surface area contributed by atoms with E-state index in [1.54, 1.807) is 44.6 Å². The quantitative estimate of drug-likeness (QED) is 0.0244. The summed E-state index contributed by atoms with van der Waals surface area (Å²) in [7, 11) is 0. The summed E-state index contributed by atoms with van der Waals surface area (Å²) in [5.74, 6) is 3.36. The third-order valence-corrected chi connectivity index (χ3v) is 32.9. The molecule has 0 saturated carbocycles. The molecule has 868 valence electrons. The molecule has 4 aliphatic carbocycles. The molecular weight excluding hydrogens is 1870 g/mol. The van der Waals surface area contributed by atoms with Gasteiger partial charge in [-0.15, -0.1) is 0 Å². The zero-order chi connectivity index (χ0) is 109. The predicted molar refractivity (Wildman–Crippen MR) is 614 cm³/mol. The number of ether oxygens (including phenoxy) is 11. The lowest BCUT2D eigenvalue weighted by molar-refractivity contribution is -0.129. The summed E-state index contributed by atoms with van der Waals surface area (Å²) < 4.78 is 64.7. The van der Waals surface area contributed by atoms with Crippen molar-refractivity contribution in [3.05, 3.63) is 44.6 Å². The van der Waals surface area contributed by atoms with Crippen LogP contribution in [0.5, 0.6) is 0 Å². The van der Waals surface area contributed by atoms with Crippen molar-refractivity contribution in [1.29, 1.82) is 0 Å². The van der Waals surface area contributed by atoms with Crippen molar-refractivity contribution < 1.29 is 80.9 Å². The Kier molecular flexibility index (Phi) is 75.9. The zero-order valence-electron chi connectivity index (χ0n) is 100. The van der Waals surface area contributed by atoms with Crippen LogP contribution in [-0.4, -0.2) is 219 Å². The van der Waals surface area contributed by atoms with E-state index < -0.39 is 12.1 Å². The van der Waals surface area contributed by atoms with Crippen LogP contribution in [0.15, 0.2) is 44.6 Å². The van der Waals surface area contributed by atoms with E-state index in [-0.39, 0.29) is 53.4 Å². The van der Waals surface area contributed by atoms with Gasteiger partial charge >= 0.3 is 0 Å². The number of hydrogen-bond donors (Lipinski definition) is 6. The van der Waals surface area contributed by atoms with Crippen LogP contribution in [0, 0.1) is 69.0 Å². The predicted octanol–water partition coefficient (Wildman–Crippen LogP) is 27.4. The molecule has 0 heterocycles. The van der Waals surface area contributed by atoms with E-state index in [2.05, 4.69) is 177 Å². The monoisotopic (exact) mass is 2100 g/mol. The van der Waals surface area contributed by atoms with Crippen molar-refractivity contribution in [2.75, 3.05) is 165 Å². The Labute approximate surface area is 912 Å². The molecule has 0 spiro atoms. The van der Waals surface area contributed by atoms with Crippen LogP contribution >= 0.6 is 0 Å². The standard InChI is InChI=1S/C126H232N6O17/c1-22-73-139-79-84-147-91-92-149-110(54-39-76-142-81-86-146-88-83-144-78-41-72-130-122(138)116(132-120(136)96-105(9)49-34-45-101(5)60-64-114-109(13)53-38-68-126(114,20)21)56-26-28-70-128-118(134)94-103(7)47-32-43-99(3)58-62-112-107(11)51-36-66-124(112,16)17)97-148-90-89-141-75-30-24-23-29-74-140-80-85-145-87-82-143-77-40-71-129-121(137)115(131-119(135)95-104(8)48-33-44-100(4)59-63-113-108(12)52-37-67-125(113,18)19)55-25-27-69-127-117(133)93-102(6)46-31-42-98(2)57-61-111-106(10)50-35-65-123(111,14)15/h98-105,110,115-116H,22-97H2,1-21H3,(H,127,133)(H,128,134)(H,129,137)(H,130,138)(H,131,135)(H,132,136)/t98?,99?,100?,101?,102?,103?,104?,105?,110?,115-,116-/m0/s1. The third-order valence-electron chi connectivity index (χ3n) is 32.9. The Morgan fingerprint density at radius 2 is 0.517 bits per heavy atom. The van der Waals surface area contributed by atoms with E-state index in [4.69, 9.17) is 52.1 Å². The van der Waals surface area contributed by atoms with Crippen molar-refractivity contribution in [1.82, 2.24) is 31.9 Å². The van der Waals surface area contributed by atoms with Crippen LogP contribution in [0.3, 0.4) is 0 Å². The molecule has 0 aliphatic heterocycles. The van der Waals surface area contributed by atoms with Crippen molar-refractivity contribution in [3.63, 3.8) is 0 Å². The summed E-state index contributed by atoms with van der Waals surface area (Å²) in [6, 6.07) is -1.30. The Bertz CT molecular complexity index is 3650. The number of carbonyl (C=O) groups excluding carboxylic acids is 6. The maximum absolute atomic E-state index is 13.8. The molecule has 11 atom stereocenters. The molecule has 23 nitrogen and oxygen atoms in total. The van der Waals surface area contributed by atoms with Gasteiger partial charge in [-0.2, -0.15) is 0 Å². The number of hydrogen-bond acceptors (Lipinski definition) is 17. The van der Waals surface area contributed by atoms with Gasteiger partial charge < -0.3 is 84.0 Å². The maximum atomic E-state index is 13.8. The van der Waals surface area contributed by atoms with Crippen molar-refractivity contribution in [2.24, 2.45) is 69.0 Å². The van der Waals surface area contributed by atoms with Gasteiger partial charge in [0.15, 0.2) is 0 Å². The third kappa shape index (κ3) is 66.6. The highest BCUT2D eigenvalue weighted by Gasteiger charge is 2.34. The lowest BCUT2D eigenvalue weighted by Gasteiger charge is -2.35. The highest BCUT2D eigenvalue weighted by molar-refractivity contribution is 5.88. The summed E-state index contributed by atoms with van der Waals surface area (Å²) in [5.41, 5.74) is 14.5. The first-order valence-electron chi connectivity index (χ1n) is 61.2.